The largest absolute Gasteiger partial charge is 0.481 e. The van der Waals surface area contributed by atoms with Crippen LogP contribution in [0.15, 0.2) is 0 Å². The molecule has 0 heterocycles. The molecule has 0 radical (unpaired) electrons. The van der Waals surface area contributed by atoms with Crippen LogP contribution in [-0.4, -0.2) is 30.1 Å². The van der Waals surface area contributed by atoms with Crippen LogP contribution in [0.25, 0.3) is 0 Å². The van der Waals surface area contributed by atoms with Crippen molar-refractivity contribution in [1.82, 2.24) is 0 Å². The summed E-state index contributed by atoms with van der Waals surface area (Å²) in [6.07, 6.45) is 3.24. The molecule has 0 aliphatic heterocycles. The van der Waals surface area contributed by atoms with Gasteiger partial charge in [-0.05, 0) is 19.8 Å². The molecule has 0 atom stereocenters. The highest BCUT2D eigenvalue weighted by Gasteiger charge is 2.33. The van der Waals surface area contributed by atoms with Crippen LogP contribution in [0.4, 0.5) is 0 Å². The smallest absolute Gasteiger partial charge is 0.309 e. The first-order valence-electron chi connectivity index (χ1n) is 6.37. The van der Waals surface area contributed by atoms with Gasteiger partial charge in [-0.2, -0.15) is 9.78 Å². The summed E-state index contributed by atoms with van der Waals surface area (Å²) in [6, 6.07) is 0. The second-order valence-electron chi connectivity index (χ2n) is 4.22. The monoisotopic (exact) mass is 264 g/mol. The molecule has 6 nitrogen and oxygen atoms in total. The minimum absolute atomic E-state index is 0.356. The molecule has 0 aromatic heterocycles. The average Bonchev–Trinajstić information content (AvgIpc) is 2.30. The molecule has 0 bridgehead atoms. The molecule has 0 aliphatic rings. The van der Waals surface area contributed by atoms with E-state index in [0.717, 1.165) is 25.7 Å². The van der Waals surface area contributed by atoms with Crippen LogP contribution in [0.2, 0.25) is 0 Å². The van der Waals surface area contributed by atoms with Crippen molar-refractivity contribution in [1.29, 1.82) is 0 Å². The Labute approximate surface area is 108 Å². The summed E-state index contributed by atoms with van der Waals surface area (Å²) in [5, 5.41) is 8.78. The lowest BCUT2D eigenvalue weighted by Gasteiger charge is -2.25. The molecule has 0 unspecified atom stereocenters. The van der Waals surface area contributed by atoms with Crippen molar-refractivity contribution < 1.29 is 29.5 Å². The molecule has 0 aliphatic carbocycles. The van der Waals surface area contributed by atoms with Gasteiger partial charge in [-0.25, -0.2) is 9.78 Å². The number of unbranched alkanes of at least 4 members (excludes halogenated alkanes) is 2. The fourth-order valence-corrected chi connectivity index (χ4v) is 1.09. The summed E-state index contributed by atoms with van der Waals surface area (Å²) >= 11 is 0. The van der Waals surface area contributed by atoms with Gasteiger partial charge in [0.1, 0.15) is 6.42 Å². The standard InChI is InChI=1S/C12H24O6/c1-4-6-8-15-17-12(3,10-11(13)14)18-16-9-7-5-2/h4-10H2,1-3H3,(H,13,14). The van der Waals surface area contributed by atoms with Crippen LogP contribution in [-0.2, 0) is 24.3 Å². The molecule has 0 saturated carbocycles. The van der Waals surface area contributed by atoms with Gasteiger partial charge in [0.05, 0.1) is 13.2 Å². The number of carboxylic acid groups (broad SMARTS) is 1. The summed E-state index contributed by atoms with van der Waals surface area (Å²) in [6.45, 7) is 6.29. The lowest BCUT2D eigenvalue weighted by molar-refractivity contribution is -0.505. The second-order valence-corrected chi connectivity index (χ2v) is 4.22. The number of carboxylic acids is 1. The Hall–Kier alpha value is -0.690. The maximum atomic E-state index is 10.7. The van der Waals surface area contributed by atoms with Gasteiger partial charge in [0.15, 0.2) is 0 Å². The van der Waals surface area contributed by atoms with E-state index in [2.05, 4.69) is 0 Å². The van der Waals surface area contributed by atoms with Crippen molar-refractivity contribution in [3.8, 4) is 0 Å². The first-order valence-corrected chi connectivity index (χ1v) is 6.37. The van der Waals surface area contributed by atoms with Gasteiger partial charge in [-0.3, -0.25) is 4.79 Å². The van der Waals surface area contributed by atoms with Gasteiger partial charge < -0.3 is 5.11 Å². The van der Waals surface area contributed by atoms with E-state index < -0.39 is 11.8 Å². The first-order chi connectivity index (χ1) is 8.54. The molecule has 0 spiro atoms. The summed E-state index contributed by atoms with van der Waals surface area (Å²) < 4.78 is 0. The third-order valence-electron chi connectivity index (χ3n) is 2.11. The van der Waals surface area contributed by atoms with Crippen molar-refractivity contribution in [2.45, 2.75) is 58.7 Å². The molecular weight excluding hydrogens is 240 g/mol. The van der Waals surface area contributed by atoms with Crippen molar-refractivity contribution >= 4 is 5.97 Å². The summed E-state index contributed by atoms with van der Waals surface area (Å²) in [4.78, 5) is 30.6. The zero-order valence-electron chi connectivity index (χ0n) is 11.4. The first kappa shape index (κ1) is 17.3. The Morgan fingerprint density at radius 2 is 1.50 bits per heavy atom. The van der Waals surface area contributed by atoms with Crippen molar-refractivity contribution in [2.75, 3.05) is 13.2 Å². The van der Waals surface area contributed by atoms with Crippen molar-refractivity contribution in [2.24, 2.45) is 0 Å². The quantitative estimate of drug-likeness (QED) is 0.253. The predicted molar refractivity (Wildman–Crippen MR) is 64.5 cm³/mol. The highest BCUT2D eigenvalue weighted by molar-refractivity contribution is 5.67. The molecule has 0 saturated heterocycles. The molecule has 18 heavy (non-hydrogen) atoms. The molecule has 0 amide bonds. The molecule has 0 rings (SSSR count). The normalized spacial score (nSPS) is 11.7. The number of hydrogen-bond acceptors (Lipinski definition) is 5. The van der Waals surface area contributed by atoms with Crippen LogP contribution >= 0.6 is 0 Å². The van der Waals surface area contributed by atoms with Gasteiger partial charge in [0, 0.05) is 0 Å². The Morgan fingerprint density at radius 3 is 1.83 bits per heavy atom. The summed E-state index contributed by atoms with van der Waals surface area (Å²) in [5.74, 6) is -2.47. The molecule has 0 aromatic carbocycles. The maximum absolute atomic E-state index is 10.7. The lowest BCUT2D eigenvalue weighted by atomic mass is 10.2. The molecular formula is C12H24O6. The van der Waals surface area contributed by atoms with Crippen LogP contribution < -0.4 is 0 Å². The molecule has 0 fully saturated rings. The predicted octanol–water partition coefficient (Wildman–Crippen LogP) is 2.67. The van der Waals surface area contributed by atoms with Gasteiger partial charge in [0.2, 0.25) is 5.79 Å². The minimum Gasteiger partial charge on any atom is -0.481 e. The van der Waals surface area contributed by atoms with Gasteiger partial charge in [-0.15, -0.1) is 0 Å². The third kappa shape index (κ3) is 9.35. The van der Waals surface area contributed by atoms with E-state index in [-0.39, 0.29) is 6.42 Å². The summed E-state index contributed by atoms with van der Waals surface area (Å²) in [5.41, 5.74) is 0. The highest BCUT2D eigenvalue weighted by Crippen LogP contribution is 2.19. The highest BCUT2D eigenvalue weighted by atomic mass is 17.3. The van der Waals surface area contributed by atoms with Crippen molar-refractivity contribution in [3.05, 3.63) is 0 Å². The number of rotatable bonds is 12. The second kappa shape index (κ2) is 10.3. The molecule has 1 N–H and O–H groups in total. The topological polar surface area (TPSA) is 74.2 Å². The Bertz CT molecular complexity index is 207. The van der Waals surface area contributed by atoms with Crippen LogP contribution in [0, 0.1) is 0 Å². The van der Waals surface area contributed by atoms with Gasteiger partial charge >= 0.3 is 5.97 Å². The fraction of sp³-hybridized carbons (Fsp3) is 0.917. The lowest BCUT2D eigenvalue weighted by Crippen LogP contribution is -2.35. The van der Waals surface area contributed by atoms with Gasteiger partial charge in [0.25, 0.3) is 0 Å². The minimum atomic E-state index is -1.42. The number of carbonyl (C=O) groups is 1. The SMILES string of the molecule is CCCCOOC(C)(CC(=O)O)OOCCCC. The van der Waals surface area contributed by atoms with E-state index in [1.807, 2.05) is 13.8 Å². The maximum Gasteiger partial charge on any atom is 0.309 e. The van der Waals surface area contributed by atoms with E-state index in [9.17, 15) is 4.79 Å². The third-order valence-corrected chi connectivity index (χ3v) is 2.11. The Morgan fingerprint density at radius 1 is 1.06 bits per heavy atom. The molecule has 6 heteroatoms. The van der Waals surface area contributed by atoms with E-state index in [4.69, 9.17) is 24.7 Å². The number of hydrogen-bond donors (Lipinski definition) is 1. The zero-order valence-corrected chi connectivity index (χ0v) is 11.4. The fourth-order valence-electron chi connectivity index (χ4n) is 1.09. The Balaban J connectivity index is 4.03. The van der Waals surface area contributed by atoms with Crippen LogP contribution in [0.5, 0.6) is 0 Å². The zero-order chi connectivity index (χ0) is 13.9. The average molecular weight is 264 g/mol. The summed E-state index contributed by atoms with van der Waals surface area (Å²) in [7, 11) is 0. The van der Waals surface area contributed by atoms with E-state index in [1.54, 1.807) is 0 Å². The van der Waals surface area contributed by atoms with Crippen molar-refractivity contribution in [3.63, 3.8) is 0 Å². The number of aliphatic carboxylic acids is 1. The van der Waals surface area contributed by atoms with E-state index >= 15 is 0 Å². The van der Waals surface area contributed by atoms with Gasteiger partial charge in [-0.1, -0.05) is 26.7 Å². The molecule has 108 valence electrons. The van der Waals surface area contributed by atoms with E-state index in [1.165, 1.54) is 6.92 Å². The Kier molecular flexibility index (Phi) is 9.86. The van der Waals surface area contributed by atoms with E-state index in [0.29, 0.717) is 13.2 Å². The van der Waals surface area contributed by atoms with Crippen LogP contribution in [0.1, 0.15) is 52.9 Å². The van der Waals surface area contributed by atoms with Crippen LogP contribution in [0.3, 0.4) is 0 Å². The molecule has 0 aromatic rings.